The summed E-state index contributed by atoms with van der Waals surface area (Å²) in [6, 6.07) is 5.91. The minimum Gasteiger partial charge on any atom is -0.497 e. The molecule has 0 saturated heterocycles. The average molecular weight is 332 g/mol. The maximum atomic E-state index is 5.25. The van der Waals surface area contributed by atoms with E-state index in [2.05, 4.69) is 32.4 Å². The van der Waals surface area contributed by atoms with Gasteiger partial charge in [0.25, 0.3) is 0 Å². The molecule has 0 aliphatic heterocycles. The van der Waals surface area contributed by atoms with Crippen LogP contribution in [0.2, 0.25) is 0 Å². The molecule has 0 N–H and O–H groups in total. The first-order valence-electron chi connectivity index (χ1n) is 6.22. The molecule has 0 spiro atoms. The largest absolute Gasteiger partial charge is 0.497 e. The summed E-state index contributed by atoms with van der Waals surface area (Å²) in [5.41, 5.74) is 4.14. The van der Waals surface area contributed by atoms with Crippen LogP contribution in [-0.2, 0) is 7.05 Å². The van der Waals surface area contributed by atoms with E-state index in [1.54, 1.807) is 13.3 Å². The smallest absolute Gasteiger partial charge is 0.142 e. The van der Waals surface area contributed by atoms with E-state index in [1.807, 2.05) is 31.4 Å². The molecule has 2 aromatic heterocycles. The number of benzene rings is 1. The third-order valence-electron chi connectivity index (χ3n) is 3.48. The van der Waals surface area contributed by atoms with E-state index >= 15 is 0 Å². The number of pyridine rings is 1. The molecule has 0 radical (unpaired) electrons. The zero-order valence-corrected chi connectivity index (χ0v) is 13.1. The van der Waals surface area contributed by atoms with Gasteiger partial charge in [0.05, 0.1) is 18.1 Å². The Labute approximate surface area is 125 Å². The van der Waals surface area contributed by atoms with Crippen molar-refractivity contribution in [2.24, 2.45) is 7.05 Å². The lowest BCUT2D eigenvalue weighted by Crippen LogP contribution is -1.95. The van der Waals surface area contributed by atoms with Gasteiger partial charge in [-0.25, -0.2) is 4.98 Å². The molecule has 0 bridgehead atoms. The summed E-state index contributed by atoms with van der Waals surface area (Å²) in [7, 11) is 3.67. The van der Waals surface area contributed by atoms with Crippen molar-refractivity contribution < 1.29 is 4.74 Å². The molecule has 2 heterocycles. The fourth-order valence-corrected chi connectivity index (χ4v) is 2.60. The second-order valence-electron chi connectivity index (χ2n) is 4.64. The molecule has 0 amide bonds. The van der Waals surface area contributed by atoms with Crippen LogP contribution >= 0.6 is 15.9 Å². The molecular weight excluding hydrogens is 318 g/mol. The number of aromatic nitrogens is 3. The zero-order valence-electron chi connectivity index (χ0n) is 11.5. The normalized spacial score (nSPS) is 11.0. The Morgan fingerprint density at radius 2 is 2.05 bits per heavy atom. The molecular formula is C15H14BrN3O. The van der Waals surface area contributed by atoms with Gasteiger partial charge in [0.1, 0.15) is 11.6 Å². The Kier molecular flexibility index (Phi) is 3.22. The summed E-state index contributed by atoms with van der Waals surface area (Å²) in [6.45, 7) is 2.06. The Hall–Kier alpha value is -1.88. The van der Waals surface area contributed by atoms with Crippen LogP contribution in [0.3, 0.4) is 0 Å². The van der Waals surface area contributed by atoms with Gasteiger partial charge in [-0.15, -0.1) is 0 Å². The molecule has 0 saturated carbocycles. The topological polar surface area (TPSA) is 39.9 Å². The van der Waals surface area contributed by atoms with Crippen LogP contribution in [0.5, 0.6) is 5.75 Å². The summed E-state index contributed by atoms with van der Waals surface area (Å²) in [5, 5.41) is 0. The predicted molar refractivity (Wildman–Crippen MR) is 82.9 cm³/mol. The van der Waals surface area contributed by atoms with Gasteiger partial charge in [0.15, 0.2) is 0 Å². The molecule has 0 aliphatic rings. The van der Waals surface area contributed by atoms with Gasteiger partial charge in [-0.05, 0) is 40.5 Å². The Morgan fingerprint density at radius 3 is 2.80 bits per heavy atom. The maximum Gasteiger partial charge on any atom is 0.142 e. The van der Waals surface area contributed by atoms with Crippen LogP contribution in [0, 0.1) is 6.92 Å². The number of nitrogens with zero attached hydrogens (tertiary/aromatic N) is 3. The molecule has 4 nitrogen and oxygen atoms in total. The van der Waals surface area contributed by atoms with E-state index in [1.165, 1.54) is 0 Å². The van der Waals surface area contributed by atoms with E-state index in [0.29, 0.717) is 0 Å². The first-order valence-corrected chi connectivity index (χ1v) is 7.02. The molecule has 5 heteroatoms. The third kappa shape index (κ3) is 1.98. The van der Waals surface area contributed by atoms with Crippen molar-refractivity contribution in [1.29, 1.82) is 0 Å². The summed E-state index contributed by atoms with van der Waals surface area (Å²) < 4.78 is 8.31. The van der Waals surface area contributed by atoms with Crippen LogP contribution in [0.15, 0.2) is 35.1 Å². The van der Waals surface area contributed by atoms with Gasteiger partial charge in [-0.1, -0.05) is 0 Å². The Morgan fingerprint density at radius 1 is 1.25 bits per heavy atom. The molecule has 0 atom stereocenters. The fraction of sp³-hybridized carbons (Fsp3) is 0.200. The van der Waals surface area contributed by atoms with Gasteiger partial charge in [-0.3, -0.25) is 4.98 Å². The summed E-state index contributed by atoms with van der Waals surface area (Å²) in [4.78, 5) is 8.96. The molecule has 0 aliphatic carbocycles. The molecule has 20 heavy (non-hydrogen) atoms. The minimum atomic E-state index is 0.811. The lowest BCUT2D eigenvalue weighted by Gasteiger charge is -2.06. The predicted octanol–water partition coefficient (Wildman–Crippen LogP) is 3.71. The quantitative estimate of drug-likeness (QED) is 0.718. The second-order valence-corrected chi connectivity index (χ2v) is 5.50. The lowest BCUT2D eigenvalue weighted by molar-refractivity contribution is 0.415. The number of aryl methyl sites for hydroxylation is 1. The van der Waals surface area contributed by atoms with Crippen molar-refractivity contribution in [3.63, 3.8) is 0 Å². The second kappa shape index (κ2) is 4.90. The van der Waals surface area contributed by atoms with E-state index in [4.69, 9.17) is 9.72 Å². The Balaban J connectivity index is 2.26. The number of hydrogen-bond acceptors (Lipinski definition) is 3. The first kappa shape index (κ1) is 13.1. The van der Waals surface area contributed by atoms with Crippen molar-refractivity contribution in [3.05, 3.63) is 40.6 Å². The number of fused-ring (bicyclic) bond motifs is 1. The molecule has 0 unspecified atom stereocenters. The van der Waals surface area contributed by atoms with Crippen molar-refractivity contribution >= 4 is 27.0 Å². The highest BCUT2D eigenvalue weighted by Gasteiger charge is 2.14. The highest BCUT2D eigenvalue weighted by Crippen LogP contribution is 2.30. The van der Waals surface area contributed by atoms with Gasteiger partial charge in [-0.2, -0.15) is 0 Å². The number of hydrogen-bond donors (Lipinski definition) is 0. The summed E-state index contributed by atoms with van der Waals surface area (Å²) in [6.07, 6.45) is 3.64. The van der Waals surface area contributed by atoms with E-state index < -0.39 is 0 Å². The molecule has 1 aromatic carbocycles. The standard InChI is InChI=1S/C15H14BrN3O/c1-9-11(7-17-8-12(9)16)15-18-13-6-10(20-3)4-5-14(13)19(15)2/h4-8H,1-3H3. The van der Waals surface area contributed by atoms with Gasteiger partial charge in [0, 0.05) is 35.5 Å². The van der Waals surface area contributed by atoms with E-state index in [-0.39, 0.29) is 0 Å². The lowest BCUT2D eigenvalue weighted by atomic mass is 10.1. The number of ether oxygens (including phenoxy) is 1. The van der Waals surface area contributed by atoms with Crippen LogP contribution in [0.4, 0.5) is 0 Å². The summed E-state index contributed by atoms with van der Waals surface area (Å²) in [5.74, 6) is 1.71. The monoisotopic (exact) mass is 331 g/mol. The summed E-state index contributed by atoms with van der Waals surface area (Å²) >= 11 is 3.52. The Bertz CT molecular complexity index is 795. The number of rotatable bonds is 2. The fourth-order valence-electron chi connectivity index (χ4n) is 2.27. The number of imidazole rings is 1. The van der Waals surface area contributed by atoms with Crippen molar-refractivity contribution in [2.45, 2.75) is 6.92 Å². The SMILES string of the molecule is COc1ccc2c(c1)nc(-c1cncc(Br)c1C)n2C. The third-order valence-corrected chi connectivity index (χ3v) is 4.28. The molecule has 3 rings (SSSR count). The van der Waals surface area contributed by atoms with Gasteiger partial charge < -0.3 is 9.30 Å². The molecule has 3 aromatic rings. The average Bonchev–Trinajstić information content (AvgIpc) is 2.78. The van der Waals surface area contributed by atoms with Crippen molar-refractivity contribution in [2.75, 3.05) is 7.11 Å². The van der Waals surface area contributed by atoms with Crippen LogP contribution in [0.1, 0.15) is 5.56 Å². The maximum absolute atomic E-state index is 5.25. The first-order chi connectivity index (χ1) is 9.61. The van der Waals surface area contributed by atoms with E-state index in [9.17, 15) is 0 Å². The van der Waals surface area contributed by atoms with Crippen molar-refractivity contribution in [3.8, 4) is 17.1 Å². The minimum absolute atomic E-state index is 0.811. The molecule has 0 fully saturated rings. The molecule has 102 valence electrons. The highest BCUT2D eigenvalue weighted by molar-refractivity contribution is 9.10. The number of methoxy groups -OCH3 is 1. The van der Waals surface area contributed by atoms with Crippen LogP contribution in [-0.4, -0.2) is 21.6 Å². The van der Waals surface area contributed by atoms with Gasteiger partial charge >= 0.3 is 0 Å². The zero-order chi connectivity index (χ0) is 14.3. The van der Waals surface area contributed by atoms with Gasteiger partial charge in [0.2, 0.25) is 0 Å². The van der Waals surface area contributed by atoms with Crippen LogP contribution < -0.4 is 4.74 Å². The van der Waals surface area contributed by atoms with Crippen LogP contribution in [0.25, 0.3) is 22.4 Å². The van der Waals surface area contributed by atoms with Crippen molar-refractivity contribution in [1.82, 2.24) is 14.5 Å². The van der Waals surface area contributed by atoms with E-state index in [0.717, 1.165) is 38.2 Å². The highest BCUT2D eigenvalue weighted by atomic mass is 79.9. The number of halogens is 1.